The maximum atomic E-state index is 4.55. The fourth-order valence-corrected chi connectivity index (χ4v) is 1.87. The van der Waals surface area contributed by atoms with E-state index in [9.17, 15) is 0 Å². The first kappa shape index (κ1) is 24.0. The van der Waals surface area contributed by atoms with Crippen molar-refractivity contribution >= 4 is 11.9 Å². The Morgan fingerprint density at radius 2 is 1.23 bits per heavy atom. The summed E-state index contributed by atoms with van der Waals surface area (Å²) in [6.07, 6.45) is 1.79. The molecule has 26 heavy (non-hydrogen) atoms. The topological polar surface area (TPSA) is 54.7 Å². The van der Waals surface area contributed by atoms with Crippen LogP contribution in [0.4, 0.5) is 5.69 Å². The molecule has 0 aliphatic rings. The first-order valence-electron chi connectivity index (χ1n) is 7.99. The van der Waals surface area contributed by atoms with Gasteiger partial charge in [0.2, 0.25) is 0 Å². The maximum absolute atomic E-state index is 4.55. The molecule has 0 saturated heterocycles. The summed E-state index contributed by atoms with van der Waals surface area (Å²) in [7, 11) is 7.00. The molecule has 133 valence electrons. The molecule has 0 N–H and O–H groups in total. The van der Waals surface area contributed by atoms with Crippen molar-refractivity contribution in [3.8, 4) is 11.3 Å². The van der Waals surface area contributed by atoms with Gasteiger partial charge in [-0.2, -0.15) is 28.2 Å². The number of aromatic nitrogens is 1. The van der Waals surface area contributed by atoms with Gasteiger partial charge in [-0.05, 0) is 17.7 Å². The third kappa shape index (κ3) is 9.49. The Morgan fingerprint density at radius 1 is 0.731 bits per heavy atom. The SMILES string of the molecule is C(=Nc1ccccc1)c1ccc(-c2ccccc2)[n-]1.C[N-]C.C[N-]C.[Ti+3]. The third-order valence-electron chi connectivity index (χ3n) is 2.83. The summed E-state index contributed by atoms with van der Waals surface area (Å²) in [6, 6.07) is 24.0. The predicted octanol–water partition coefficient (Wildman–Crippen LogP) is 5.30. The largest absolute Gasteiger partial charge is 3.00 e. The van der Waals surface area contributed by atoms with Crippen molar-refractivity contribution in [2.75, 3.05) is 28.2 Å². The van der Waals surface area contributed by atoms with Crippen molar-refractivity contribution < 1.29 is 21.7 Å². The van der Waals surface area contributed by atoms with Gasteiger partial charge in [-0.25, -0.2) is 0 Å². The van der Waals surface area contributed by atoms with E-state index < -0.39 is 0 Å². The van der Waals surface area contributed by atoms with Crippen molar-refractivity contribution in [3.63, 3.8) is 0 Å². The van der Waals surface area contributed by atoms with Crippen molar-refractivity contribution in [3.05, 3.63) is 89.1 Å². The zero-order valence-electron chi connectivity index (χ0n) is 15.8. The minimum absolute atomic E-state index is 0. The predicted molar refractivity (Wildman–Crippen MR) is 109 cm³/mol. The average Bonchev–Trinajstić information content (AvgIpc) is 3.12. The number of benzene rings is 2. The molecule has 2 aromatic carbocycles. The summed E-state index contributed by atoms with van der Waals surface area (Å²) < 4.78 is 0. The average molecular weight is 381 g/mol. The van der Waals surface area contributed by atoms with Gasteiger partial charge in [0.25, 0.3) is 0 Å². The number of hydrogen-bond acceptors (Lipinski definition) is 1. The zero-order chi connectivity index (χ0) is 18.3. The van der Waals surface area contributed by atoms with Crippen LogP contribution in [0.1, 0.15) is 5.69 Å². The number of para-hydroxylation sites is 1. The van der Waals surface area contributed by atoms with Crippen LogP contribution in [-0.2, 0) is 21.7 Å². The maximum Gasteiger partial charge on any atom is 3.00 e. The molecule has 0 aliphatic heterocycles. The summed E-state index contributed by atoms with van der Waals surface area (Å²) in [5.74, 6) is 0. The van der Waals surface area contributed by atoms with E-state index in [2.05, 4.69) is 32.7 Å². The van der Waals surface area contributed by atoms with Gasteiger partial charge < -0.3 is 15.6 Å². The summed E-state index contributed by atoms with van der Waals surface area (Å²) in [5.41, 5.74) is 3.92. The Morgan fingerprint density at radius 3 is 1.77 bits per heavy atom. The Kier molecular flexibility index (Phi) is 14.1. The van der Waals surface area contributed by atoms with Crippen LogP contribution in [0.2, 0.25) is 0 Å². The number of hydrogen-bond donors (Lipinski definition) is 0. The van der Waals surface area contributed by atoms with Crippen molar-refractivity contribution in [1.82, 2.24) is 4.98 Å². The van der Waals surface area contributed by atoms with Gasteiger partial charge in [-0.1, -0.05) is 60.7 Å². The standard InChI is InChI=1S/C17H13N2.2C2H6N.Ti/c1-3-7-14(8-4-1)17-12-11-16(19-17)13-18-15-9-5-2-6-10-15;2*1-3-2;/h1-13H;2*1-2H3;/q3*-1;+3. The molecular formula is C21H25N4Ti. The molecule has 3 aromatic rings. The van der Waals surface area contributed by atoms with Crippen LogP contribution in [0.15, 0.2) is 77.8 Å². The summed E-state index contributed by atoms with van der Waals surface area (Å²) in [4.78, 5) is 8.94. The molecule has 0 spiro atoms. The Bertz CT molecular complexity index is 707. The molecule has 4 nitrogen and oxygen atoms in total. The fraction of sp³-hybridized carbons (Fsp3) is 0.190. The van der Waals surface area contributed by atoms with E-state index in [1.54, 1.807) is 34.4 Å². The van der Waals surface area contributed by atoms with Crippen LogP contribution in [-0.4, -0.2) is 34.4 Å². The monoisotopic (exact) mass is 381 g/mol. The molecule has 1 aromatic heterocycles. The molecular weight excluding hydrogens is 356 g/mol. The quantitative estimate of drug-likeness (QED) is 0.449. The van der Waals surface area contributed by atoms with E-state index in [4.69, 9.17) is 0 Å². The van der Waals surface area contributed by atoms with Gasteiger partial charge in [0.05, 0.1) is 5.69 Å². The minimum Gasteiger partial charge on any atom is -0.668 e. The summed E-state index contributed by atoms with van der Waals surface area (Å²) in [5, 5.41) is 7.00. The van der Waals surface area contributed by atoms with Gasteiger partial charge in [0.1, 0.15) is 0 Å². The number of aliphatic imine (C=N–C) groups is 1. The van der Waals surface area contributed by atoms with Crippen LogP contribution in [0, 0.1) is 0 Å². The third-order valence-corrected chi connectivity index (χ3v) is 2.83. The van der Waals surface area contributed by atoms with E-state index in [-0.39, 0.29) is 21.7 Å². The van der Waals surface area contributed by atoms with E-state index >= 15 is 0 Å². The molecule has 5 heteroatoms. The first-order valence-corrected chi connectivity index (χ1v) is 7.99. The van der Waals surface area contributed by atoms with E-state index in [0.717, 1.165) is 22.6 Å². The van der Waals surface area contributed by atoms with E-state index in [1.165, 1.54) is 0 Å². The van der Waals surface area contributed by atoms with Crippen LogP contribution >= 0.6 is 0 Å². The second-order valence-corrected chi connectivity index (χ2v) is 5.11. The van der Waals surface area contributed by atoms with E-state index in [1.807, 2.05) is 60.7 Å². The van der Waals surface area contributed by atoms with E-state index in [0.29, 0.717) is 0 Å². The zero-order valence-corrected chi connectivity index (χ0v) is 17.4. The summed E-state index contributed by atoms with van der Waals surface area (Å²) in [6.45, 7) is 0. The molecule has 0 fully saturated rings. The normalized spacial score (nSPS) is 9.38. The number of rotatable bonds is 3. The molecule has 0 amide bonds. The fourth-order valence-electron chi connectivity index (χ4n) is 1.87. The van der Waals surface area contributed by atoms with Gasteiger partial charge in [0.15, 0.2) is 0 Å². The molecule has 1 heterocycles. The van der Waals surface area contributed by atoms with Gasteiger partial charge in [-0.15, -0.1) is 11.4 Å². The molecule has 0 aliphatic carbocycles. The summed E-state index contributed by atoms with van der Waals surface area (Å²) >= 11 is 0. The van der Waals surface area contributed by atoms with Gasteiger partial charge in [-0.3, -0.25) is 4.99 Å². The van der Waals surface area contributed by atoms with Crippen LogP contribution in [0.5, 0.6) is 0 Å². The molecule has 1 radical (unpaired) electrons. The number of nitrogens with zero attached hydrogens (tertiary/aromatic N) is 4. The molecule has 0 bridgehead atoms. The van der Waals surface area contributed by atoms with Crippen LogP contribution in [0.25, 0.3) is 21.9 Å². The van der Waals surface area contributed by atoms with Gasteiger partial charge in [0, 0.05) is 6.21 Å². The van der Waals surface area contributed by atoms with Crippen molar-refractivity contribution in [1.29, 1.82) is 0 Å². The van der Waals surface area contributed by atoms with Crippen molar-refractivity contribution in [2.45, 2.75) is 0 Å². The molecule has 0 saturated carbocycles. The van der Waals surface area contributed by atoms with Crippen molar-refractivity contribution in [2.24, 2.45) is 4.99 Å². The second kappa shape index (κ2) is 15.3. The van der Waals surface area contributed by atoms with Gasteiger partial charge >= 0.3 is 21.7 Å². The van der Waals surface area contributed by atoms with Crippen LogP contribution < -0.4 is 4.98 Å². The minimum atomic E-state index is 0. The van der Waals surface area contributed by atoms with Crippen LogP contribution in [0.3, 0.4) is 0 Å². The Balaban J connectivity index is 0.000000793. The first-order chi connectivity index (χ1) is 12.2. The Labute approximate surface area is 172 Å². The smallest absolute Gasteiger partial charge is 0.668 e. The molecule has 0 atom stereocenters. The molecule has 3 rings (SSSR count). The molecule has 0 unspecified atom stereocenters. The Hall–Kier alpha value is -1.98. The second-order valence-electron chi connectivity index (χ2n) is 5.11.